The van der Waals surface area contributed by atoms with E-state index in [1.807, 2.05) is 6.92 Å². The van der Waals surface area contributed by atoms with Gasteiger partial charge in [-0.3, -0.25) is 9.69 Å². The van der Waals surface area contributed by atoms with Gasteiger partial charge in [0, 0.05) is 31.4 Å². The number of β-amino-alcohol motifs (C(OH)–C–C–N with tert-alkyl or cyclic N) is 1. The van der Waals surface area contributed by atoms with Crippen LogP contribution in [-0.2, 0) is 20.9 Å². The minimum absolute atomic E-state index is 0.0983. The average Bonchev–Trinajstić information content (AvgIpc) is 3.24. The maximum absolute atomic E-state index is 13.4. The zero-order chi connectivity index (χ0) is 23.9. The number of hydrogen-bond donors (Lipinski definition) is 1. The minimum Gasteiger partial charge on any atom is -0.467 e. The number of hydrogen-bond acceptors (Lipinski definition) is 9. The predicted octanol–water partition coefficient (Wildman–Crippen LogP) is 1.40. The normalized spacial score (nSPS) is 20.9. The summed E-state index contributed by atoms with van der Waals surface area (Å²) in [6, 6.07) is 5.45. The lowest BCUT2D eigenvalue weighted by molar-refractivity contribution is -0.158. The van der Waals surface area contributed by atoms with Crippen LogP contribution in [0.15, 0.2) is 24.4 Å². The molecule has 2 fully saturated rings. The number of carbonyl (C=O) groups excluding carboxylic acids is 2. The maximum atomic E-state index is 13.4. The maximum Gasteiger partial charge on any atom is 0.338 e. The zero-order valence-corrected chi connectivity index (χ0v) is 19.3. The second-order valence-corrected chi connectivity index (χ2v) is 8.90. The molecule has 10 nitrogen and oxygen atoms in total. The lowest BCUT2D eigenvalue weighted by Crippen LogP contribution is -2.61. The number of amides is 1. The average molecular weight is 469 g/mol. The van der Waals surface area contributed by atoms with E-state index in [0.29, 0.717) is 57.0 Å². The third-order valence-electron chi connectivity index (χ3n) is 7.07. The Morgan fingerprint density at radius 1 is 1.21 bits per heavy atom. The van der Waals surface area contributed by atoms with Crippen molar-refractivity contribution in [3.05, 3.63) is 46.6 Å². The first-order chi connectivity index (χ1) is 16.4. The highest BCUT2D eigenvalue weighted by molar-refractivity contribution is 5.99. The molecule has 2 saturated heterocycles. The number of anilines is 1. The van der Waals surface area contributed by atoms with Gasteiger partial charge in [-0.2, -0.15) is 4.98 Å². The van der Waals surface area contributed by atoms with Crippen molar-refractivity contribution in [1.29, 1.82) is 0 Å². The van der Waals surface area contributed by atoms with Crippen LogP contribution >= 0.6 is 0 Å². The second kappa shape index (κ2) is 8.94. The number of rotatable bonds is 5. The fraction of sp³-hybridized carbons (Fsp3) is 0.500. The summed E-state index contributed by atoms with van der Waals surface area (Å²) in [6.45, 7) is 4.69. The second-order valence-electron chi connectivity index (χ2n) is 8.90. The lowest BCUT2D eigenvalue weighted by Gasteiger charge is -2.45. The molecule has 1 N–H and O–H groups in total. The largest absolute Gasteiger partial charge is 0.467 e. The van der Waals surface area contributed by atoms with Crippen LogP contribution < -0.4 is 9.64 Å². The summed E-state index contributed by atoms with van der Waals surface area (Å²) >= 11 is 0. The van der Waals surface area contributed by atoms with Gasteiger partial charge in [0.25, 0.3) is 5.91 Å². The van der Waals surface area contributed by atoms with E-state index in [1.54, 1.807) is 29.3 Å². The van der Waals surface area contributed by atoms with Crippen molar-refractivity contribution in [2.24, 2.45) is 0 Å². The summed E-state index contributed by atoms with van der Waals surface area (Å²) in [4.78, 5) is 37.3. The molecule has 0 saturated carbocycles. The Bertz CT molecular complexity index is 1110. The van der Waals surface area contributed by atoms with Crippen molar-refractivity contribution in [1.82, 2.24) is 14.9 Å². The number of likely N-dealkylation sites (tertiary alicyclic amines) is 1. The molecule has 0 bridgehead atoms. The van der Waals surface area contributed by atoms with Crippen molar-refractivity contribution >= 4 is 17.7 Å². The van der Waals surface area contributed by atoms with Gasteiger partial charge in [0.15, 0.2) is 0 Å². The molecule has 3 aliphatic rings. The Kier molecular flexibility index (Phi) is 5.97. The van der Waals surface area contributed by atoms with Gasteiger partial charge in [-0.15, -0.1) is 0 Å². The Labute approximate surface area is 197 Å². The summed E-state index contributed by atoms with van der Waals surface area (Å²) in [5.74, 6) is 0.0952. The number of cyclic esters (lactones) is 1. The molecule has 0 unspecified atom stereocenters. The van der Waals surface area contributed by atoms with Gasteiger partial charge in [0.05, 0.1) is 31.9 Å². The van der Waals surface area contributed by atoms with Crippen molar-refractivity contribution in [3.8, 4) is 6.01 Å². The van der Waals surface area contributed by atoms with E-state index in [-0.39, 0.29) is 24.5 Å². The molecule has 34 heavy (non-hydrogen) atoms. The van der Waals surface area contributed by atoms with E-state index in [4.69, 9.17) is 14.2 Å². The van der Waals surface area contributed by atoms with Crippen molar-refractivity contribution in [2.75, 3.05) is 44.8 Å². The van der Waals surface area contributed by atoms with Crippen molar-refractivity contribution in [2.45, 2.75) is 38.1 Å². The topological polar surface area (TPSA) is 114 Å². The van der Waals surface area contributed by atoms with E-state index in [9.17, 15) is 14.7 Å². The first-order valence-corrected chi connectivity index (χ1v) is 11.4. The number of aromatic nitrogens is 2. The number of carbonyl (C=O) groups is 2. The molecule has 1 spiro atoms. The number of benzene rings is 1. The molecule has 0 aliphatic carbocycles. The van der Waals surface area contributed by atoms with Gasteiger partial charge in [0.2, 0.25) is 0 Å². The van der Waals surface area contributed by atoms with Crippen LogP contribution in [0.2, 0.25) is 0 Å². The smallest absolute Gasteiger partial charge is 0.338 e. The number of esters is 1. The van der Waals surface area contributed by atoms with E-state index in [2.05, 4.69) is 14.9 Å². The lowest BCUT2D eigenvalue weighted by atomic mass is 9.87. The number of methoxy groups -OCH3 is 1. The van der Waals surface area contributed by atoms with E-state index in [0.717, 1.165) is 16.7 Å². The summed E-state index contributed by atoms with van der Waals surface area (Å²) in [5, 5.41) is 10.9. The molecule has 2 aromatic rings. The van der Waals surface area contributed by atoms with Gasteiger partial charge >= 0.3 is 12.0 Å². The number of morpholine rings is 1. The Balaban J connectivity index is 1.24. The van der Waals surface area contributed by atoms with E-state index < -0.39 is 11.7 Å². The molecule has 1 atom stereocenters. The highest BCUT2D eigenvalue weighted by atomic mass is 16.5. The summed E-state index contributed by atoms with van der Waals surface area (Å²) in [6.07, 6.45) is 1.93. The highest BCUT2D eigenvalue weighted by Crippen LogP contribution is 2.35. The molecule has 0 radical (unpaired) electrons. The third-order valence-corrected chi connectivity index (χ3v) is 7.07. The first kappa shape index (κ1) is 22.7. The molecule has 180 valence electrons. The van der Waals surface area contributed by atoms with Gasteiger partial charge in [-0.05, 0) is 43.0 Å². The third kappa shape index (κ3) is 3.91. The van der Waals surface area contributed by atoms with Gasteiger partial charge < -0.3 is 24.2 Å². The van der Waals surface area contributed by atoms with Crippen molar-refractivity contribution < 1.29 is 28.9 Å². The van der Waals surface area contributed by atoms with Crippen LogP contribution in [-0.4, -0.2) is 77.3 Å². The van der Waals surface area contributed by atoms with Crippen LogP contribution in [0.5, 0.6) is 6.01 Å². The van der Waals surface area contributed by atoms with E-state index >= 15 is 0 Å². The van der Waals surface area contributed by atoms with Crippen LogP contribution in [0.3, 0.4) is 0 Å². The van der Waals surface area contributed by atoms with Gasteiger partial charge in [-0.25, -0.2) is 9.78 Å². The van der Waals surface area contributed by atoms with Crippen LogP contribution in [0.1, 0.15) is 46.0 Å². The Hall–Kier alpha value is -3.08. The molecular weight excluding hydrogens is 440 g/mol. The molecule has 1 amide bonds. The Morgan fingerprint density at radius 2 is 2.00 bits per heavy atom. The summed E-state index contributed by atoms with van der Waals surface area (Å²) in [7, 11) is 1.49. The standard InChI is InChI=1S/C24H28N4O6/c1-15-16(3-4-17-18(15)14-33-21(17)30)19(29)13-27-9-6-24(7-10-27)22(31)28(11-12-34-24)20-5-8-25-23(26-20)32-2/h3-5,8,19,29H,6-7,9-14H2,1-2H3/t19-/m0/s1. The fourth-order valence-corrected chi connectivity index (χ4v) is 5.07. The molecule has 5 rings (SSSR count). The number of piperidine rings is 1. The molecule has 10 heteroatoms. The molecule has 3 aliphatic heterocycles. The highest BCUT2D eigenvalue weighted by Gasteiger charge is 2.48. The monoisotopic (exact) mass is 468 g/mol. The number of ether oxygens (including phenoxy) is 3. The van der Waals surface area contributed by atoms with Gasteiger partial charge in [0.1, 0.15) is 18.0 Å². The zero-order valence-electron chi connectivity index (χ0n) is 19.3. The molecular formula is C24H28N4O6. The molecule has 4 heterocycles. The summed E-state index contributed by atoms with van der Waals surface area (Å²) in [5.41, 5.74) is 2.23. The SMILES string of the molecule is COc1nccc(N2CCOC3(CCN(C[C@H](O)c4ccc5c(c4C)COC5=O)CC3)C2=O)n1. The van der Waals surface area contributed by atoms with Crippen LogP contribution in [0.4, 0.5) is 5.82 Å². The molecule has 1 aromatic carbocycles. The van der Waals surface area contributed by atoms with Crippen LogP contribution in [0, 0.1) is 6.92 Å². The van der Waals surface area contributed by atoms with Crippen LogP contribution in [0.25, 0.3) is 0 Å². The first-order valence-electron chi connectivity index (χ1n) is 11.4. The number of aliphatic hydroxyl groups excluding tert-OH is 1. The molecule has 1 aromatic heterocycles. The Morgan fingerprint density at radius 3 is 2.76 bits per heavy atom. The number of nitrogens with zero attached hydrogens (tertiary/aromatic N) is 4. The fourth-order valence-electron chi connectivity index (χ4n) is 5.07. The van der Waals surface area contributed by atoms with Crippen molar-refractivity contribution in [3.63, 3.8) is 0 Å². The predicted molar refractivity (Wildman–Crippen MR) is 121 cm³/mol. The number of fused-ring (bicyclic) bond motifs is 1. The van der Waals surface area contributed by atoms with Gasteiger partial charge in [-0.1, -0.05) is 6.07 Å². The quantitative estimate of drug-likeness (QED) is 0.650. The van der Waals surface area contributed by atoms with E-state index in [1.165, 1.54) is 7.11 Å². The summed E-state index contributed by atoms with van der Waals surface area (Å²) < 4.78 is 16.3. The minimum atomic E-state index is -0.890. The number of aliphatic hydroxyl groups is 1.